The first-order chi connectivity index (χ1) is 20.2. The number of imide groups is 1. The second-order valence-electron chi connectivity index (χ2n) is 12.7. The van der Waals surface area contributed by atoms with Crippen LogP contribution in [0, 0.1) is 0 Å². The van der Waals surface area contributed by atoms with Gasteiger partial charge in [0, 0.05) is 30.3 Å². The number of hydrogen-bond acceptors (Lipinski definition) is 8. The summed E-state index contributed by atoms with van der Waals surface area (Å²) in [7, 11) is 0. The third-order valence-electron chi connectivity index (χ3n) is 6.21. The molecule has 0 saturated carbocycles. The first-order valence-electron chi connectivity index (χ1n) is 14.9. The molecule has 0 aliphatic carbocycles. The van der Waals surface area contributed by atoms with Gasteiger partial charge in [-0.15, -0.1) is 0 Å². The Bertz CT molecular complexity index is 1390. The largest absolute Gasteiger partial charge is 0.444 e. The zero-order valence-corrected chi connectivity index (χ0v) is 26.7. The highest BCUT2D eigenvalue weighted by Gasteiger charge is 2.33. The topological polar surface area (TPSA) is 127 Å². The molecule has 2 N–H and O–H groups in total. The number of anilines is 2. The van der Waals surface area contributed by atoms with Gasteiger partial charge in [0.15, 0.2) is 11.5 Å². The molecule has 0 aliphatic heterocycles. The van der Waals surface area contributed by atoms with Gasteiger partial charge in [-0.05, 0) is 72.4 Å². The van der Waals surface area contributed by atoms with E-state index in [1.165, 1.54) is 4.52 Å². The highest BCUT2D eigenvalue weighted by Crippen LogP contribution is 2.28. The molecule has 0 fully saturated rings. The van der Waals surface area contributed by atoms with Crippen LogP contribution in [0.25, 0.3) is 5.65 Å². The van der Waals surface area contributed by atoms with Gasteiger partial charge in [-0.2, -0.15) is 14.5 Å². The number of hydrogen-bond donors (Lipinski definition) is 2. The predicted octanol–water partition coefficient (Wildman–Crippen LogP) is 6.93. The SMILES string of the molecule is CC(C)c1cnn2c(N(C(=O)OC(C)(C)C)C(=O)c3ccccc3)cc(NCCCCCCNC(=O)OC(C)(C)C)nc12. The molecule has 11 heteroatoms. The summed E-state index contributed by atoms with van der Waals surface area (Å²) in [4.78, 5) is 44.9. The van der Waals surface area contributed by atoms with Crippen LogP contribution in [0.4, 0.5) is 21.2 Å². The van der Waals surface area contributed by atoms with Gasteiger partial charge in [-0.3, -0.25) is 4.79 Å². The standard InChI is InChI=1S/C32H46N6O5/c1-22(2)24-21-35-38-26(37(30(41)43-32(6,7)8)28(39)23-16-12-11-13-17-23)20-25(36-27(24)38)33-18-14-9-10-15-19-34-29(40)42-31(3,4)5/h11-13,16-17,20-22H,9-10,14-15,18-19H2,1-8H3,(H,33,36)(H,34,40). The minimum absolute atomic E-state index is 0.113. The number of alkyl carbamates (subject to hydrolysis) is 1. The van der Waals surface area contributed by atoms with E-state index in [0.29, 0.717) is 30.1 Å². The van der Waals surface area contributed by atoms with Gasteiger partial charge in [0.2, 0.25) is 0 Å². The fraction of sp³-hybridized carbons (Fsp3) is 0.531. The van der Waals surface area contributed by atoms with E-state index in [9.17, 15) is 14.4 Å². The molecule has 3 amide bonds. The monoisotopic (exact) mass is 594 g/mol. The van der Waals surface area contributed by atoms with Crippen molar-refractivity contribution in [3.05, 3.63) is 53.7 Å². The quantitative estimate of drug-likeness (QED) is 0.229. The van der Waals surface area contributed by atoms with Crippen molar-refractivity contribution >= 4 is 35.4 Å². The van der Waals surface area contributed by atoms with Crippen LogP contribution in [0.2, 0.25) is 0 Å². The van der Waals surface area contributed by atoms with Gasteiger partial charge in [0.25, 0.3) is 5.91 Å². The van der Waals surface area contributed by atoms with Crippen molar-refractivity contribution < 1.29 is 23.9 Å². The maximum absolute atomic E-state index is 13.8. The minimum atomic E-state index is -0.824. The van der Waals surface area contributed by atoms with Crippen molar-refractivity contribution in [2.45, 2.75) is 98.2 Å². The lowest BCUT2D eigenvalue weighted by Crippen LogP contribution is -2.42. The summed E-state index contributed by atoms with van der Waals surface area (Å²) in [6.07, 6.45) is 4.09. The molecule has 0 aliphatic rings. The molecule has 43 heavy (non-hydrogen) atoms. The summed E-state index contributed by atoms with van der Waals surface area (Å²) >= 11 is 0. The maximum Gasteiger partial charge on any atom is 0.423 e. The van der Waals surface area contributed by atoms with E-state index in [1.54, 1.807) is 63.4 Å². The number of amides is 3. The lowest BCUT2D eigenvalue weighted by Gasteiger charge is -2.26. The molecule has 2 aromatic heterocycles. The molecule has 234 valence electrons. The molecule has 0 spiro atoms. The van der Waals surface area contributed by atoms with Crippen LogP contribution >= 0.6 is 0 Å². The highest BCUT2D eigenvalue weighted by molar-refractivity contribution is 6.19. The second kappa shape index (κ2) is 14.3. The molecule has 0 bridgehead atoms. The van der Waals surface area contributed by atoms with Crippen molar-refractivity contribution in [1.82, 2.24) is 19.9 Å². The fourth-order valence-corrected chi connectivity index (χ4v) is 4.24. The summed E-state index contributed by atoms with van der Waals surface area (Å²) in [6.45, 7) is 16.0. The molecule has 3 aromatic rings. The molecule has 3 rings (SSSR count). The van der Waals surface area contributed by atoms with Gasteiger partial charge in [0.05, 0.1) is 6.20 Å². The number of fused-ring (bicyclic) bond motifs is 1. The lowest BCUT2D eigenvalue weighted by atomic mass is 10.1. The van der Waals surface area contributed by atoms with Crippen molar-refractivity contribution in [2.75, 3.05) is 23.3 Å². The fourth-order valence-electron chi connectivity index (χ4n) is 4.24. The van der Waals surface area contributed by atoms with E-state index < -0.39 is 29.3 Å². The van der Waals surface area contributed by atoms with Gasteiger partial charge >= 0.3 is 12.2 Å². The molecule has 1 aromatic carbocycles. The number of benzene rings is 1. The van der Waals surface area contributed by atoms with Crippen molar-refractivity contribution in [1.29, 1.82) is 0 Å². The van der Waals surface area contributed by atoms with E-state index in [-0.39, 0.29) is 11.7 Å². The van der Waals surface area contributed by atoms with Gasteiger partial charge in [-0.1, -0.05) is 44.9 Å². The van der Waals surface area contributed by atoms with Crippen molar-refractivity contribution in [3.8, 4) is 0 Å². The lowest BCUT2D eigenvalue weighted by molar-refractivity contribution is 0.0522. The molecule has 0 unspecified atom stereocenters. The number of unbranched alkanes of at least 4 members (excludes halogenated alkanes) is 3. The Morgan fingerprint density at radius 1 is 0.907 bits per heavy atom. The van der Waals surface area contributed by atoms with E-state index in [4.69, 9.17) is 14.5 Å². The molecular formula is C32H46N6O5. The first-order valence-corrected chi connectivity index (χ1v) is 14.9. The average molecular weight is 595 g/mol. The van der Waals surface area contributed by atoms with Gasteiger partial charge in [0.1, 0.15) is 17.0 Å². The van der Waals surface area contributed by atoms with E-state index >= 15 is 0 Å². The third kappa shape index (κ3) is 9.97. The molecule has 0 atom stereocenters. The Morgan fingerprint density at radius 3 is 2.14 bits per heavy atom. The summed E-state index contributed by atoms with van der Waals surface area (Å²) in [5.74, 6) is 0.332. The van der Waals surface area contributed by atoms with E-state index in [2.05, 4.69) is 15.7 Å². The van der Waals surface area contributed by atoms with Crippen LogP contribution in [0.3, 0.4) is 0 Å². The number of aromatic nitrogens is 3. The van der Waals surface area contributed by atoms with Crippen molar-refractivity contribution in [2.24, 2.45) is 0 Å². The first kappa shape index (κ1) is 33.4. The third-order valence-corrected chi connectivity index (χ3v) is 6.21. The molecule has 2 heterocycles. The number of nitrogens with zero attached hydrogens (tertiary/aromatic N) is 4. The number of carbonyl (C=O) groups excluding carboxylic acids is 3. The van der Waals surface area contributed by atoms with E-state index in [1.807, 2.05) is 34.6 Å². The molecule has 0 radical (unpaired) electrons. The minimum Gasteiger partial charge on any atom is -0.444 e. The second-order valence-corrected chi connectivity index (χ2v) is 12.7. The van der Waals surface area contributed by atoms with Crippen LogP contribution in [0.15, 0.2) is 42.6 Å². The Hall–Kier alpha value is -4.15. The highest BCUT2D eigenvalue weighted by atomic mass is 16.6. The smallest absolute Gasteiger partial charge is 0.423 e. The molecule has 11 nitrogen and oxygen atoms in total. The Morgan fingerprint density at radius 2 is 1.53 bits per heavy atom. The Labute approximate surface area is 254 Å². The van der Waals surface area contributed by atoms with Crippen LogP contribution in [0.1, 0.15) is 103 Å². The number of rotatable bonds is 11. The summed E-state index contributed by atoms with van der Waals surface area (Å²) in [5, 5.41) is 10.7. The molecular weight excluding hydrogens is 548 g/mol. The molecule has 0 saturated heterocycles. The van der Waals surface area contributed by atoms with Gasteiger partial charge < -0.3 is 20.1 Å². The van der Waals surface area contributed by atoms with E-state index in [0.717, 1.165) is 36.1 Å². The normalized spacial score (nSPS) is 11.8. The number of ether oxygens (including phenoxy) is 2. The Kier molecular flexibility index (Phi) is 11.1. The number of nitrogens with one attached hydrogen (secondary N) is 2. The van der Waals surface area contributed by atoms with Crippen LogP contribution in [-0.4, -0.2) is 57.0 Å². The zero-order chi connectivity index (χ0) is 31.8. The summed E-state index contributed by atoms with van der Waals surface area (Å²) in [6, 6.07) is 10.3. The Balaban J connectivity index is 1.78. The summed E-state index contributed by atoms with van der Waals surface area (Å²) in [5.41, 5.74) is 0.439. The van der Waals surface area contributed by atoms with Crippen molar-refractivity contribution in [3.63, 3.8) is 0 Å². The average Bonchev–Trinajstić information content (AvgIpc) is 3.33. The van der Waals surface area contributed by atoms with Gasteiger partial charge in [-0.25, -0.2) is 14.6 Å². The maximum atomic E-state index is 13.8. The van der Waals surface area contributed by atoms with Crippen LogP contribution < -0.4 is 15.5 Å². The van der Waals surface area contributed by atoms with Crippen LogP contribution in [0.5, 0.6) is 0 Å². The zero-order valence-electron chi connectivity index (χ0n) is 26.7. The number of carbonyl (C=O) groups is 3. The van der Waals surface area contributed by atoms with Crippen LogP contribution in [-0.2, 0) is 9.47 Å². The summed E-state index contributed by atoms with van der Waals surface area (Å²) < 4.78 is 12.4. The predicted molar refractivity (Wildman–Crippen MR) is 168 cm³/mol.